The molecule has 0 nitrogen and oxygen atoms in total. The Hall–Kier alpha value is 0. The first-order valence-electron chi connectivity index (χ1n) is 7.41. The van der Waals surface area contributed by atoms with E-state index in [-0.39, 0.29) is 44.6 Å². The third-order valence-corrected chi connectivity index (χ3v) is 3.21. The zero-order valence-corrected chi connectivity index (χ0v) is 11.2. The van der Waals surface area contributed by atoms with Crippen molar-refractivity contribution in [2.45, 2.75) is 142 Å². The zero-order valence-electron chi connectivity index (χ0n) is 11.2. The van der Waals surface area contributed by atoms with E-state index in [1.165, 1.54) is 83.5 Å². The summed E-state index contributed by atoms with van der Waals surface area (Å²) in [7, 11) is 0. The molecule has 0 aromatic rings. The average molecular weight is 309 g/mol. The monoisotopic (exact) mass is 308 g/mol. The van der Waals surface area contributed by atoms with Gasteiger partial charge < -0.3 is 0 Å². The molecule has 0 heteroatoms. The van der Waals surface area contributed by atoms with Crippen LogP contribution in [0.25, 0.3) is 0 Å². The van der Waals surface area contributed by atoms with Gasteiger partial charge in [-0.25, -0.2) is 0 Å². The molecule has 0 fully saturated rings. The number of hydrogen-bond donors (Lipinski definition) is 0. The van der Waals surface area contributed by atoms with Gasteiger partial charge in [-0.15, -0.1) is 0 Å². The Labute approximate surface area is 142 Å². The molecule has 0 radical (unpaired) electrons. The second-order valence-corrected chi connectivity index (χ2v) is 4.89. The highest BCUT2D eigenvalue weighted by molar-refractivity contribution is 4.47. The van der Waals surface area contributed by atoms with Crippen molar-refractivity contribution < 1.29 is 0 Å². The first-order chi connectivity index (χ1) is 7.41. The van der Waals surface area contributed by atoms with E-state index in [4.69, 9.17) is 0 Å². The van der Waals surface area contributed by atoms with Gasteiger partial charge in [-0.3, -0.25) is 0 Å². The Kier molecular flexibility index (Phi) is 87.2. The highest BCUT2D eigenvalue weighted by Gasteiger charge is 1.92. The van der Waals surface area contributed by atoms with Gasteiger partial charge in [0.1, 0.15) is 0 Å². The van der Waals surface area contributed by atoms with E-state index in [2.05, 4.69) is 13.8 Å². The molecule has 0 rings (SSSR count). The third-order valence-electron chi connectivity index (χ3n) is 3.21. The van der Waals surface area contributed by atoms with Crippen molar-refractivity contribution in [3.05, 3.63) is 0 Å². The van der Waals surface area contributed by atoms with Crippen molar-refractivity contribution in [3.63, 3.8) is 0 Å². The minimum Gasteiger partial charge on any atom is -0.0776 e. The minimum atomic E-state index is 0. The van der Waals surface area contributed by atoms with E-state index in [1.54, 1.807) is 0 Å². The molecule has 0 aliphatic carbocycles. The first kappa shape index (κ1) is 42.9. The topological polar surface area (TPSA) is 0 Å². The lowest BCUT2D eigenvalue weighted by Crippen LogP contribution is -1.82. The van der Waals surface area contributed by atoms with Gasteiger partial charge in [0.25, 0.3) is 0 Å². The molecule has 0 atom stereocenters. The van der Waals surface area contributed by atoms with Crippen LogP contribution >= 0.6 is 0 Å². The van der Waals surface area contributed by atoms with Crippen LogP contribution in [-0.4, -0.2) is 0 Å². The lowest BCUT2D eigenvalue weighted by Gasteiger charge is -2.01. The summed E-state index contributed by atoms with van der Waals surface area (Å²) in [4.78, 5) is 0. The summed E-state index contributed by atoms with van der Waals surface area (Å²) in [6.45, 7) is 4.58. The van der Waals surface area contributed by atoms with Crippen LogP contribution in [0, 0.1) is 0 Å². The molecule has 0 aliphatic rings. The highest BCUT2D eigenvalue weighted by atomic mass is 14.0. The molecule has 0 N–H and O–H groups in total. The van der Waals surface area contributed by atoms with Gasteiger partial charge in [0, 0.05) is 0 Å². The van der Waals surface area contributed by atoms with Crippen molar-refractivity contribution in [1.29, 1.82) is 0 Å². The Morgan fingerprint density at radius 3 is 0.571 bits per heavy atom. The lowest BCUT2D eigenvalue weighted by atomic mass is 10.1. The van der Waals surface area contributed by atoms with Crippen LogP contribution in [0.1, 0.15) is 142 Å². The molecule has 0 heterocycles. The van der Waals surface area contributed by atoms with Crippen molar-refractivity contribution >= 4 is 0 Å². The summed E-state index contributed by atoms with van der Waals surface area (Å²) in [5.74, 6) is 0. The summed E-state index contributed by atoms with van der Waals surface area (Å²) >= 11 is 0. The van der Waals surface area contributed by atoms with Gasteiger partial charge in [0.15, 0.2) is 0 Å². The van der Waals surface area contributed by atoms with Crippen LogP contribution < -0.4 is 0 Å². The van der Waals surface area contributed by atoms with Crippen LogP contribution in [0.5, 0.6) is 0 Å². The normalized spacial score (nSPS) is 7.71. The molecule has 0 amide bonds. The van der Waals surface area contributed by atoms with Crippen molar-refractivity contribution in [3.8, 4) is 0 Å². The number of rotatable bonds is 12. The molecule has 0 saturated heterocycles. The maximum absolute atomic E-state index is 2.29. The average Bonchev–Trinajstić information content (AvgIpc) is 2.26. The molecule has 0 saturated carbocycles. The fraction of sp³-hybridized carbons (Fsp3) is 1.00. The number of unbranched alkanes of at least 4 members (excludes halogenated alkanes) is 12. The zero-order chi connectivity index (χ0) is 11.2. The predicted octanol–water partition coefficient (Wildman–Crippen LogP) is 9.91. The molecule has 0 spiro atoms. The van der Waals surface area contributed by atoms with Crippen LogP contribution in [0.4, 0.5) is 0 Å². The lowest BCUT2D eigenvalue weighted by molar-refractivity contribution is 0.542. The minimum absolute atomic E-state index is 0. The molecule has 0 aromatic carbocycles. The van der Waals surface area contributed by atoms with Crippen molar-refractivity contribution in [1.82, 2.24) is 0 Å². The van der Waals surface area contributed by atoms with E-state index < -0.39 is 0 Å². The van der Waals surface area contributed by atoms with Crippen molar-refractivity contribution in [2.75, 3.05) is 0 Å². The van der Waals surface area contributed by atoms with E-state index in [0.29, 0.717) is 0 Å². The quantitative estimate of drug-likeness (QED) is 0.314. The molecule has 0 bridgehead atoms. The highest BCUT2D eigenvalue weighted by Crippen LogP contribution is 2.12. The van der Waals surface area contributed by atoms with Crippen LogP contribution in [-0.2, 0) is 0 Å². The van der Waals surface area contributed by atoms with E-state index >= 15 is 0 Å². The van der Waals surface area contributed by atoms with Gasteiger partial charge in [0.2, 0.25) is 0 Å². The summed E-state index contributed by atoms with van der Waals surface area (Å²) in [6, 6.07) is 0. The maximum atomic E-state index is 2.29. The van der Waals surface area contributed by atoms with Gasteiger partial charge >= 0.3 is 0 Å². The summed E-state index contributed by atoms with van der Waals surface area (Å²) in [5, 5.41) is 0. The van der Waals surface area contributed by atoms with Crippen LogP contribution in [0.3, 0.4) is 0 Å². The summed E-state index contributed by atoms with van der Waals surface area (Å²) in [6.07, 6.45) is 18.9. The second-order valence-electron chi connectivity index (χ2n) is 4.89. The smallest absolute Gasteiger partial charge is 0.0533 e. The second kappa shape index (κ2) is 42.7. The molecule has 21 heavy (non-hydrogen) atoms. The maximum Gasteiger partial charge on any atom is -0.0533 e. The van der Waals surface area contributed by atoms with E-state index in [9.17, 15) is 0 Å². The van der Waals surface area contributed by atoms with E-state index in [1.807, 2.05) is 0 Å². The Balaban J connectivity index is -0.0000000653. The Morgan fingerprint density at radius 2 is 0.429 bits per heavy atom. The first-order valence-corrected chi connectivity index (χ1v) is 7.41. The Morgan fingerprint density at radius 1 is 0.286 bits per heavy atom. The molecular formula is C21H56. The van der Waals surface area contributed by atoms with Gasteiger partial charge in [-0.1, -0.05) is 142 Å². The van der Waals surface area contributed by atoms with Gasteiger partial charge in [0.05, 0.1) is 0 Å². The fourth-order valence-corrected chi connectivity index (χ4v) is 2.09. The Bertz CT molecular complexity index is 84.2. The molecular weight excluding hydrogens is 252 g/mol. The standard InChI is InChI=1S/C15H32.6CH4/c1-3-5-7-9-11-13-15-14-12-10-8-6-4-2;;;;;;/h3-15H2,1-2H3;6*1H4. The fourth-order valence-electron chi connectivity index (χ4n) is 2.09. The summed E-state index contributed by atoms with van der Waals surface area (Å²) < 4.78 is 0. The number of hydrogen-bond acceptors (Lipinski definition) is 0. The van der Waals surface area contributed by atoms with Crippen molar-refractivity contribution in [2.24, 2.45) is 0 Å². The van der Waals surface area contributed by atoms with Gasteiger partial charge in [-0.2, -0.15) is 0 Å². The van der Waals surface area contributed by atoms with Crippen LogP contribution in [0.2, 0.25) is 0 Å². The third kappa shape index (κ3) is 45.0. The van der Waals surface area contributed by atoms with Crippen LogP contribution in [0.15, 0.2) is 0 Å². The molecule has 0 unspecified atom stereocenters. The predicted molar refractivity (Wildman–Crippen MR) is 112 cm³/mol. The van der Waals surface area contributed by atoms with Gasteiger partial charge in [-0.05, 0) is 0 Å². The molecule has 0 aliphatic heterocycles. The SMILES string of the molecule is C.C.C.C.C.C.CCCCCCCCCCCCCCC. The molecule has 0 aromatic heterocycles. The molecule has 140 valence electrons. The summed E-state index contributed by atoms with van der Waals surface area (Å²) in [5.41, 5.74) is 0. The van der Waals surface area contributed by atoms with E-state index in [0.717, 1.165) is 0 Å². The largest absolute Gasteiger partial charge is 0.0776 e.